The Labute approximate surface area is 183 Å². The molecule has 0 aliphatic rings. The number of hydrogen-bond donors (Lipinski definition) is 2. The molecule has 0 bridgehead atoms. The molecule has 6 nitrogen and oxygen atoms in total. The molecule has 0 aliphatic heterocycles. The van der Waals surface area contributed by atoms with Crippen LogP contribution in [-0.2, 0) is 10.0 Å². The Hall–Kier alpha value is -3.32. The molecule has 0 spiro atoms. The molecule has 0 saturated heterocycles. The second kappa shape index (κ2) is 9.66. The van der Waals surface area contributed by atoms with E-state index >= 15 is 0 Å². The Bertz CT molecular complexity index is 1160. The van der Waals surface area contributed by atoms with Gasteiger partial charge in [-0.15, -0.1) is 0 Å². The Balaban J connectivity index is 1.77. The third-order valence-corrected chi connectivity index (χ3v) is 6.42. The van der Waals surface area contributed by atoms with E-state index < -0.39 is 10.0 Å². The first kappa shape index (κ1) is 22.4. The highest BCUT2D eigenvalue weighted by Crippen LogP contribution is 2.23. The van der Waals surface area contributed by atoms with Crippen molar-refractivity contribution in [3.05, 3.63) is 89.5 Å². The number of carbonyl (C=O) groups excluding carboxylic acids is 1. The molecule has 0 fully saturated rings. The number of carbonyl (C=O) groups is 1. The lowest BCUT2D eigenvalue weighted by molar-refractivity contribution is 0.0935. The summed E-state index contributed by atoms with van der Waals surface area (Å²) in [6, 6.07) is 20.3. The summed E-state index contributed by atoms with van der Waals surface area (Å²) in [4.78, 5) is 13.0. The number of ether oxygens (including phenoxy) is 1. The molecular weight excluding hydrogens is 412 g/mol. The number of aryl methyl sites for hydroxylation is 1. The molecule has 0 saturated carbocycles. The molecule has 0 aromatic heterocycles. The summed E-state index contributed by atoms with van der Waals surface area (Å²) in [7, 11) is -2.28. The molecule has 0 radical (unpaired) electrons. The predicted octanol–water partition coefficient (Wildman–Crippen LogP) is 4.69. The minimum absolute atomic E-state index is 0.105. The minimum Gasteiger partial charge on any atom is -0.497 e. The maximum atomic E-state index is 12.9. The molecule has 3 aromatic rings. The van der Waals surface area contributed by atoms with E-state index in [0.29, 0.717) is 17.0 Å². The normalized spacial score (nSPS) is 12.1. The Morgan fingerprint density at radius 2 is 1.71 bits per heavy atom. The summed E-state index contributed by atoms with van der Waals surface area (Å²) in [5.41, 5.74) is 2.86. The van der Waals surface area contributed by atoms with Gasteiger partial charge in [0.15, 0.2) is 0 Å². The Morgan fingerprint density at radius 3 is 2.35 bits per heavy atom. The summed E-state index contributed by atoms with van der Waals surface area (Å²) in [6.45, 7) is 4.02. The van der Waals surface area contributed by atoms with Crippen LogP contribution in [0.25, 0.3) is 0 Å². The van der Waals surface area contributed by atoms with E-state index in [4.69, 9.17) is 4.74 Å². The fourth-order valence-corrected chi connectivity index (χ4v) is 4.36. The van der Waals surface area contributed by atoms with E-state index in [0.717, 1.165) is 17.5 Å². The van der Waals surface area contributed by atoms with Crippen molar-refractivity contribution >= 4 is 21.6 Å². The summed E-state index contributed by atoms with van der Waals surface area (Å²) >= 11 is 0. The van der Waals surface area contributed by atoms with Crippen LogP contribution in [0, 0.1) is 6.92 Å². The predicted molar refractivity (Wildman–Crippen MR) is 122 cm³/mol. The van der Waals surface area contributed by atoms with E-state index in [1.54, 1.807) is 30.3 Å². The lowest BCUT2D eigenvalue weighted by Crippen LogP contribution is -2.28. The maximum Gasteiger partial charge on any atom is 0.261 e. The van der Waals surface area contributed by atoms with Crippen LogP contribution in [0.4, 0.5) is 5.69 Å². The van der Waals surface area contributed by atoms with Crippen molar-refractivity contribution in [3.63, 3.8) is 0 Å². The Kier molecular flexibility index (Phi) is 6.97. The van der Waals surface area contributed by atoms with Gasteiger partial charge in [0.1, 0.15) is 5.75 Å². The van der Waals surface area contributed by atoms with Gasteiger partial charge in [0.05, 0.1) is 18.0 Å². The van der Waals surface area contributed by atoms with Gasteiger partial charge in [0.2, 0.25) is 0 Å². The molecule has 3 rings (SSSR count). The smallest absolute Gasteiger partial charge is 0.261 e. The average Bonchev–Trinajstić information content (AvgIpc) is 2.78. The molecule has 0 aliphatic carbocycles. The highest BCUT2D eigenvalue weighted by molar-refractivity contribution is 7.92. The second-order valence-corrected chi connectivity index (χ2v) is 8.84. The molecule has 31 heavy (non-hydrogen) atoms. The molecule has 3 aromatic carbocycles. The Morgan fingerprint density at radius 1 is 1.00 bits per heavy atom. The molecular formula is C24H26N2O4S. The van der Waals surface area contributed by atoms with Gasteiger partial charge >= 0.3 is 0 Å². The third kappa shape index (κ3) is 5.44. The second-order valence-electron chi connectivity index (χ2n) is 7.15. The lowest BCUT2D eigenvalue weighted by Gasteiger charge is -2.20. The number of hydrogen-bond acceptors (Lipinski definition) is 4. The van der Waals surface area contributed by atoms with Gasteiger partial charge in [0, 0.05) is 11.3 Å². The van der Waals surface area contributed by atoms with Crippen molar-refractivity contribution in [2.75, 3.05) is 11.8 Å². The number of amides is 1. The highest BCUT2D eigenvalue weighted by atomic mass is 32.2. The van der Waals surface area contributed by atoms with Crippen LogP contribution in [0.5, 0.6) is 5.75 Å². The zero-order valence-corrected chi connectivity index (χ0v) is 18.6. The van der Waals surface area contributed by atoms with E-state index in [9.17, 15) is 13.2 Å². The average molecular weight is 439 g/mol. The van der Waals surface area contributed by atoms with Gasteiger partial charge in [-0.3, -0.25) is 9.52 Å². The van der Waals surface area contributed by atoms with E-state index in [-0.39, 0.29) is 16.8 Å². The number of anilines is 1. The van der Waals surface area contributed by atoms with Crippen LogP contribution >= 0.6 is 0 Å². The molecule has 162 valence electrons. The highest BCUT2D eigenvalue weighted by Gasteiger charge is 2.18. The van der Waals surface area contributed by atoms with Crippen molar-refractivity contribution in [2.24, 2.45) is 0 Å². The quantitative estimate of drug-likeness (QED) is 0.535. The fourth-order valence-electron chi connectivity index (χ4n) is 3.31. The zero-order chi connectivity index (χ0) is 22.4. The van der Waals surface area contributed by atoms with Gasteiger partial charge in [-0.1, -0.05) is 37.3 Å². The molecule has 2 N–H and O–H groups in total. The fraction of sp³-hybridized carbons (Fsp3) is 0.208. The summed E-state index contributed by atoms with van der Waals surface area (Å²) in [6.07, 6.45) is 0.736. The van der Waals surface area contributed by atoms with Crippen molar-refractivity contribution in [1.29, 1.82) is 0 Å². The third-order valence-electron chi connectivity index (χ3n) is 5.02. The van der Waals surface area contributed by atoms with Crippen LogP contribution < -0.4 is 14.8 Å². The van der Waals surface area contributed by atoms with Crippen molar-refractivity contribution in [3.8, 4) is 5.75 Å². The topological polar surface area (TPSA) is 84.5 Å². The monoisotopic (exact) mass is 438 g/mol. The summed E-state index contributed by atoms with van der Waals surface area (Å²) < 4.78 is 32.9. The zero-order valence-electron chi connectivity index (χ0n) is 17.8. The van der Waals surface area contributed by atoms with Gasteiger partial charge in [-0.25, -0.2) is 8.42 Å². The van der Waals surface area contributed by atoms with E-state index in [1.807, 2.05) is 38.1 Å². The van der Waals surface area contributed by atoms with Crippen LogP contribution in [0.3, 0.4) is 0 Å². The number of methoxy groups -OCH3 is 1. The number of benzene rings is 3. The van der Waals surface area contributed by atoms with E-state index in [2.05, 4.69) is 10.0 Å². The first-order chi connectivity index (χ1) is 14.8. The number of nitrogens with one attached hydrogen (secondary N) is 2. The first-order valence-electron chi connectivity index (χ1n) is 9.97. The number of sulfonamides is 1. The van der Waals surface area contributed by atoms with Crippen LogP contribution in [-0.4, -0.2) is 21.4 Å². The first-order valence-corrected chi connectivity index (χ1v) is 11.5. The minimum atomic E-state index is -3.79. The van der Waals surface area contributed by atoms with E-state index in [1.165, 1.54) is 25.3 Å². The van der Waals surface area contributed by atoms with Crippen molar-refractivity contribution in [2.45, 2.75) is 31.2 Å². The molecule has 0 heterocycles. The molecule has 7 heteroatoms. The van der Waals surface area contributed by atoms with Crippen LogP contribution in [0.15, 0.2) is 77.7 Å². The molecule has 0 unspecified atom stereocenters. The van der Waals surface area contributed by atoms with Gasteiger partial charge < -0.3 is 10.1 Å². The van der Waals surface area contributed by atoms with Crippen LogP contribution in [0.2, 0.25) is 0 Å². The summed E-state index contributed by atoms with van der Waals surface area (Å²) in [5.74, 6) is 0.303. The lowest BCUT2D eigenvalue weighted by atomic mass is 9.99. The standard InChI is InChI=1S/C24H26N2O4S/c1-4-23(22-11-6-5-8-17(22)2)25-24(27)18-9-7-10-19(16-18)26-31(28,29)21-14-12-20(30-3)13-15-21/h5-16,23,26H,4H2,1-3H3,(H,25,27)/t23-/m0/s1. The molecule has 1 amide bonds. The van der Waals surface area contributed by atoms with Gasteiger partial charge in [-0.05, 0) is 66.9 Å². The van der Waals surface area contributed by atoms with Crippen molar-refractivity contribution in [1.82, 2.24) is 5.32 Å². The largest absolute Gasteiger partial charge is 0.497 e. The van der Waals surface area contributed by atoms with Crippen LogP contribution in [0.1, 0.15) is 40.9 Å². The molecule has 1 atom stereocenters. The summed E-state index contributed by atoms with van der Waals surface area (Å²) in [5, 5.41) is 3.04. The SMILES string of the molecule is CC[C@H](NC(=O)c1cccc(NS(=O)(=O)c2ccc(OC)cc2)c1)c1ccccc1C. The van der Waals surface area contributed by atoms with Gasteiger partial charge in [-0.2, -0.15) is 0 Å². The number of rotatable bonds is 8. The van der Waals surface area contributed by atoms with Crippen molar-refractivity contribution < 1.29 is 17.9 Å². The van der Waals surface area contributed by atoms with Gasteiger partial charge in [0.25, 0.3) is 15.9 Å². The maximum absolute atomic E-state index is 12.9.